The number of alkyl halides is 6. The maximum absolute atomic E-state index is 12.6. The molecular formula is C11H8F6N4O2. The highest BCUT2D eigenvalue weighted by Gasteiger charge is 2.71. The van der Waals surface area contributed by atoms with Crippen molar-refractivity contribution in [2.24, 2.45) is 5.11 Å². The smallest absolute Gasteiger partial charge is 0.369 e. The molecule has 0 fully saturated rings. The Balaban J connectivity index is 3.11. The molecule has 1 aromatic carbocycles. The van der Waals surface area contributed by atoms with Gasteiger partial charge >= 0.3 is 12.4 Å². The molecule has 0 aliphatic rings. The van der Waals surface area contributed by atoms with Crippen LogP contribution in [0.4, 0.5) is 32.0 Å². The van der Waals surface area contributed by atoms with Gasteiger partial charge in [-0.3, -0.25) is 4.79 Å². The number of hydrogen-bond donors (Lipinski definition) is 2. The Bertz CT molecular complexity index is 605. The zero-order valence-electron chi connectivity index (χ0n) is 11.0. The summed E-state index contributed by atoms with van der Waals surface area (Å²) in [6, 6.07) is 2.24. The third-order valence-corrected chi connectivity index (χ3v) is 2.68. The molecule has 1 aromatic rings. The highest BCUT2D eigenvalue weighted by atomic mass is 19.4. The first-order valence-electron chi connectivity index (χ1n) is 5.70. The molecule has 0 heterocycles. The average molecular weight is 342 g/mol. The van der Waals surface area contributed by atoms with Crippen molar-refractivity contribution in [1.82, 2.24) is 0 Å². The fraction of sp³-hybridized carbons (Fsp3) is 0.364. The topological polar surface area (TPSA) is 98.1 Å². The van der Waals surface area contributed by atoms with Crippen molar-refractivity contribution in [2.45, 2.75) is 18.0 Å². The summed E-state index contributed by atoms with van der Waals surface area (Å²) in [7, 11) is 0. The summed E-state index contributed by atoms with van der Waals surface area (Å²) in [5.41, 5.74) is 1.37. The summed E-state index contributed by atoms with van der Waals surface area (Å²) >= 11 is 0. The van der Waals surface area contributed by atoms with Crippen molar-refractivity contribution in [1.29, 1.82) is 0 Å². The van der Waals surface area contributed by atoms with Crippen molar-refractivity contribution in [2.75, 3.05) is 11.9 Å². The lowest BCUT2D eigenvalue weighted by Gasteiger charge is -2.32. The molecule has 0 spiro atoms. The summed E-state index contributed by atoms with van der Waals surface area (Å²) in [6.07, 6.45) is -12.0. The molecule has 0 atom stereocenters. The minimum Gasteiger partial charge on any atom is -0.369 e. The van der Waals surface area contributed by atoms with E-state index < -0.39 is 36.0 Å². The van der Waals surface area contributed by atoms with Crippen LogP contribution in [0.15, 0.2) is 29.4 Å². The number of halogens is 6. The van der Waals surface area contributed by atoms with E-state index in [-0.39, 0.29) is 5.69 Å². The van der Waals surface area contributed by atoms with Gasteiger partial charge in [-0.05, 0) is 17.7 Å². The second kappa shape index (κ2) is 6.34. The van der Waals surface area contributed by atoms with E-state index in [1.807, 2.05) is 0 Å². The van der Waals surface area contributed by atoms with Crippen molar-refractivity contribution >= 4 is 11.6 Å². The van der Waals surface area contributed by atoms with Crippen LogP contribution in [0.2, 0.25) is 0 Å². The molecule has 1 amide bonds. The van der Waals surface area contributed by atoms with Crippen molar-refractivity contribution in [3.05, 3.63) is 40.3 Å². The number of benzene rings is 1. The molecule has 0 aliphatic carbocycles. The summed E-state index contributed by atoms with van der Waals surface area (Å²) < 4.78 is 75.9. The number of nitrogens with zero attached hydrogens (tertiary/aromatic N) is 3. The van der Waals surface area contributed by atoms with Gasteiger partial charge in [0.25, 0.3) is 5.60 Å². The van der Waals surface area contributed by atoms with E-state index in [1.165, 1.54) is 0 Å². The van der Waals surface area contributed by atoms with Crippen LogP contribution < -0.4 is 5.32 Å². The lowest BCUT2D eigenvalue weighted by atomic mass is 9.92. The number of aliphatic hydroxyl groups is 1. The van der Waals surface area contributed by atoms with Crippen LogP contribution in [0.5, 0.6) is 0 Å². The summed E-state index contributed by atoms with van der Waals surface area (Å²) in [5, 5.41) is 14.2. The molecule has 2 N–H and O–H groups in total. The molecule has 126 valence electrons. The zero-order valence-corrected chi connectivity index (χ0v) is 11.0. The Morgan fingerprint density at radius 1 is 1.13 bits per heavy atom. The van der Waals surface area contributed by atoms with E-state index in [9.17, 15) is 31.1 Å². The lowest BCUT2D eigenvalue weighted by Crippen LogP contribution is -2.53. The highest BCUT2D eigenvalue weighted by Crippen LogP contribution is 2.50. The molecule has 6 nitrogen and oxygen atoms in total. The van der Waals surface area contributed by atoms with Gasteiger partial charge in [0.15, 0.2) is 0 Å². The largest absolute Gasteiger partial charge is 0.430 e. The summed E-state index contributed by atoms with van der Waals surface area (Å²) in [6.45, 7) is -0.604. The van der Waals surface area contributed by atoms with Gasteiger partial charge in [-0.1, -0.05) is 17.2 Å². The highest BCUT2D eigenvalue weighted by molar-refractivity contribution is 5.92. The zero-order chi connectivity index (χ0) is 17.9. The number of carbonyl (C=O) groups is 1. The van der Waals surface area contributed by atoms with E-state index in [0.29, 0.717) is 12.1 Å². The predicted molar refractivity (Wildman–Crippen MR) is 65.1 cm³/mol. The molecule has 0 radical (unpaired) electrons. The number of anilines is 1. The molecule has 0 saturated heterocycles. The van der Waals surface area contributed by atoms with E-state index in [4.69, 9.17) is 10.6 Å². The van der Waals surface area contributed by atoms with E-state index in [2.05, 4.69) is 15.3 Å². The fourth-order valence-corrected chi connectivity index (χ4v) is 1.58. The number of hydrogen-bond acceptors (Lipinski definition) is 3. The molecular weight excluding hydrogens is 334 g/mol. The van der Waals surface area contributed by atoms with E-state index in [0.717, 1.165) is 12.1 Å². The maximum atomic E-state index is 12.6. The molecule has 1 rings (SSSR count). The molecule has 0 unspecified atom stereocenters. The third-order valence-electron chi connectivity index (χ3n) is 2.68. The molecule has 0 saturated carbocycles. The van der Waals surface area contributed by atoms with Crippen LogP contribution in [-0.4, -0.2) is 29.9 Å². The molecule has 23 heavy (non-hydrogen) atoms. The summed E-state index contributed by atoms with van der Waals surface area (Å²) in [4.78, 5) is 13.5. The van der Waals surface area contributed by atoms with E-state index >= 15 is 0 Å². The first-order valence-corrected chi connectivity index (χ1v) is 5.70. The first-order chi connectivity index (χ1) is 10.4. The van der Waals surface area contributed by atoms with Crippen LogP contribution in [0, 0.1) is 0 Å². The number of rotatable bonds is 4. The van der Waals surface area contributed by atoms with Crippen LogP contribution in [0.3, 0.4) is 0 Å². The number of carbonyl (C=O) groups excluding carboxylic acids is 1. The van der Waals surface area contributed by atoms with E-state index in [1.54, 1.807) is 0 Å². The van der Waals surface area contributed by atoms with Gasteiger partial charge in [-0.2, -0.15) is 26.3 Å². The molecule has 12 heteroatoms. The minimum atomic E-state index is -5.99. The second-order valence-electron chi connectivity index (χ2n) is 4.22. The molecule has 0 aromatic heterocycles. The van der Waals surface area contributed by atoms with Gasteiger partial charge in [0.1, 0.15) is 6.54 Å². The normalized spacial score (nSPS) is 12.5. The van der Waals surface area contributed by atoms with Gasteiger partial charge in [0, 0.05) is 16.2 Å². The van der Waals surface area contributed by atoms with Crippen LogP contribution in [0.1, 0.15) is 5.56 Å². The molecule has 0 bridgehead atoms. The van der Waals surface area contributed by atoms with Crippen LogP contribution >= 0.6 is 0 Å². The second-order valence-corrected chi connectivity index (χ2v) is 4.22. The van der Waals surface area contributed by atoms with Crippen molar-refractivity contribution in [3.8, 4) is 0 Å². The van der Waals surface area contributed by atoms with Crippen LogP contribution in [-0.2, 0) is 10.4 Å². The quantitative estimate of drug-likeness (QED) is 0.380. The Morgan fingerprint density at radius 2 is 1.61 bits per heavy atom. The van der Waals surface area contributed by atoms with Gasteiger partial charge in [-0.25, -0.2) is 0 Å². The number of nitrogens with one attached hydrogen (secondary N) is 1. The Labute approximate surface area is 124 Å². The number of azide groups is 1. The Hall–Kier alpha value is -2.46. The van der Waals surface area contributed by atoms with Crippen LogP contribution in [0.25, 0.3) is 10.4 Å². The predicted octanol–water partition coefficient (Wildman–Crippen LogP) is 3.25. The SMILES string of the molecule is [N-]=[N+]=NCC(=O)Nc1ccc(C(O)(C(F)(F)F)C(F)(F)F)cc1. The maximum Gasteiger partial charge on any atom is 0.430 e. The molecule has 0 aliphatic heterocycles. The third kappa shape index (κ3) is 3.85. The minimum absolute atomic E-state index is 0.140. The standard InChI is InChI=1S/C11H8F6N4O2/c12-10(13,14)9(23,11(15,16)17)6-1-3-7(4-2-6)20-8(22)5-19-21-18/h1-4,23H,5H2,(H,20,22). The Kier molecular flexibility index (Phi) is 5.13. The fourth-order valence-electron chi connectivity index (χ4n) is 1.58. The number of amides is 1. The van der Waals surface area contributed by atoms with Gasteiger partial charge in [0.05, 0.1) is 0 Å². The lowest BCUT2D eigenvalue weighted by molar-refractivity contribution is -0.376. The van der Waals surface area contributed by atoms with Crippen molar-refractivity contribution in [3.63, 3.8) is 0 Å². The van der Waals surface area contributed by atoms with Gasteiger partial charge < -0.3 is 10.4 Å². The van der Waals surface area contributed by atoms with Crippen molar-refractivity contribution < 1.29 is 36.2 Å². The van der Waals surface area contributed by atoms with Gasteiger partial charge in [0.2, 0.25) is 5.91 Å². The first kappa shape index (κ1) is 18.6. The van der Waals surface area contributed by atoms with Gasteiger partial charge in [-0.15, -0.1) is 0 Å². The summed E-state index contributed by atoms with van der Waals surface area (Å²) in [5.74, 6) is -0.822. The monoisotopic (exact) mass is 342 g/mol. The average Bonchev–Trinajstić information content (AvgIpc) is 2.42. The Morgan fingerprint density at radius 3 is 2.00 bits per heavy atom.